The van der Waals surface area contributed by atoms with Crippen LogP contribution < -0.4 is 16.0 Å². The number of anilines is 2. The molecular weight excluding hydrogens is 414 g/mol. The first-order valence-corrected chi connectivity index (χ1v) is 11.9. The van der Waals surface area contributed by atoms with E-state index in [4.69, 9.17) is 5.73 Å². The summed E-state index contributed by atoms with van der Waals surface area (Å²) in [6.07, 6.45) is 0. The lowest BCUT2D eigenvalue weighted by Crippen LogP contribution is -2.49. The number of hydrogen-bond acceptors (Lipinski definition) is 5. The van der Waals surface area contributed by atoms with Crippen molar-refractivity contribution in [2.24, 2.45) is 5.73 Å². The SMILES string of the molecule is Cc1cccc2cc(C(=O)Nc3cccc(N4CCN(S(=O)(=O)CCN)CC4)c3)[nH]c12. The maximum atomic E-state index is 12.8. The molecule has 0 bridgehead atoms. The average Bonchev–Trinajstić information content (AvgIpc) is 3.20. The molecule has 8 nitrogen and oxygen atoms in total. The van der Waals surface area contributed by atoms with Gasteiger partial charge in [0, 0.05) is 55.0 Å². The number of sulfonamides is 1. The van der Waals surface area contributed by atoms with Crippen molar-refractivity contribution in [1.29, 1.82) is 0 Å². The minimum Gasteiger partial charge on any atom is -0.369 e. The number of piperazine rings is 1. The number of para-hydroxylation sites is 1. The third-order valence-corrected chi connectivity index (χ3v) is 7.49. The molecule has 2 heterocycles. The van der Waals surface area contributed by atoms with Gasteiger partial charge in [0.25, 0.3) is 5.91 Å². The number of nitrogens with zero attached hydrogens (tertiary/aromatic N) is 2. The number of fused-ring (bicyclic) bond motifs is 1. The Hall–Kier alpha value is -2.88. The normalized spacial score (nSPS) is 15.4. The topological polar surface area (TPSA) is 112 Å². The van der Waals surface area contributed by atoms with Crippen LogP contribution in [0, 0.1) is 6.92 Å². The lowest BCUT2D eigenvalue weighted by atomic mass is 10.2. The van der Waals surface area contributed by atoms with Crippen LogP contribution in [0.4, 0.5) is 11.4 Å². The van der Waals surface area contributed by atoms with Crippen LogP contribution in [-0.4, -0.2) is 62.1 Å². The number of hydrogen-bond donors (Lipinski definition) is 3. The van der Waals surface area contributed by atoms with E-state index in [1.165, 1.54) is 4.31 Å². The van der Waals surface area contributed by atoms with E-state index < -0.39 is 10.0 Å². The first-order valence-electron chi connectivity index (χ1n) is 10.3. The standard InChI is InChI=1S/C22H27N5O3S/c1-16-4-2-5-17-14-20(25-21(16)17)22(28)24-18-6-3-7-19(15-18)26-9-11-27(12-10-26)31(29,30)13-8-23/h2-7,14-15,25H,8-13,23H2,1H3,(H,24,28). The Kier molecular flexibility index (Phi) is 5.99. The second kappa shape index (κ2) is 8.70. The van der Waals surface area contributed by atoms with Crippen LogP contribution in [0.15, 0.2) is 48.5 Å². The average molecular weight is 442 g/mol. The first kappa shape index (κ1) is 21.4. The second-order valence-corrected chi connectivity index (χ2v) is 9.81. The van der Waals surface area contributed by atoms with Gasteiger partial charge in [0.2, 0.25) is 10.0 Å². The van der Waals surface area contributed by atoms with Crippen molar-refractivity contribution in [3.05, 3.63) is 59.8 Å². The molecule has 0 aliphatic carbocycles. The molecule has 1 fully saturated rings. The third-order valence-electron chi connectivity index (χ3n) is 5.59. The molecule has 31 heavy (non-hydrogen) atoms. The summed E-state index contributed by atoms with van der Waals surface area (Å²) in [4.78, 5) is 18.1. The third kappa shape index (κ3) is 4.58. The Balaban J connectivity index is 1.44. The lowest BCUT2D eigenvalue weighted by Gasteiger charge is -2.35. The van der Waals surface area contributed by atoms with Gasteiger partial charge in [-0.3, -0.25) is 4.79 Å². The van der Waals surface area contributed by atoms with Gasteiger partial charge >= 0.3 is 0 Å². The van der Waals surface area contributed by atoms with Crippen LogP contribution in [0.25, 0.3) is 10.9 Å². The molecule has 0 spiro atoms. The van der Waals surface area contributed by atoms with Crippen molar-refractivity contribution in [2.45, 2.75) is 6.92 Å². The molecule has 1 saturated heterocycles. The Morgan fingerprint density at radius 3 is 2.55 bits per heavy atom. The van der Waals surface area contributed by atoms with E-state index >= 15 is 0 Å². The van der Waals surface area contributed by atoms with E-state index in [0.717, 1.165) is 22.2 Å². The predicted octanol–water partition coefficient (Wildman–Crippen LogP) is 2.14. The van der Waals surface area contributed by atoms with Crippen molar-refractivity contribution >= 4 is 38.2 Å². The highest BCUT2D eigenvalue weighted by molar-refractivity contribution is 7.89. The number of carbonyl (C=O) groups is 1. The van der Waals surface area contributed by atoms with E-state index in [-0.39, 0.29) is 18.2 Å². The summed E-state index contributed by atoms with van der Waals surface area (Å²) in [5.41, 5.74) is 9.61. The maximum absolute atomic E-state index is 12.8. The number of H-pyrrole nitrogens is 1. The smallest absolute Gasteiger partial charge is 0.272 e. The fourth-order valence-corrected chi connectivity index (χ4v) is 5.19. The molecular formula is C22H27N5O3S. The number of aromatic amines is 1. The summed E-state index contributed by atoms with van der Waals surface area (Å²) in [5, 5.41) is 3.95. The summed E-state index contributed by atoms with van der Waals surface area (Å²) >= 11 is 0. The van der Waals surface area contributed by atoms with E-state index in [1.54, 1.807) is 0 Å². The maximum Gasteiger partial charge on any atom is 0.272 e. The molecule has 2 aromatic carbocycles. The molecule has 164 valence electrons. The fraction of sp³-hybridized carbons (Fsp3) is 0.318. The Morgan fingerprint density at radius 1 is 1.10 bits per heavy atom. The summed E-state index contributed by atoms with van der Waals surface area (Å²) in [6.45, 7) is 4.15. The number of carbonyl (C=O) groups excluding carboxylic acids is 1. The highest BCUT2D eigenvalue weighted by atomic mass is 32.2. The molecule has 3 aromatic rings. The molecule has 4 N–H and O–H groups in total. The monoisotopic (exact) mass is 441 g/mol. The van der Waals surface area contributed by atoms with Crippen LogP contribution in [0.2, 0.25) is 0 Å². The number of benzene rings is 2. The number of amides is 1. The van der Waals surface area contributed by atoms with Gasteiger partial charge in [-0.1, -0.05) is 24.3 Å². The molecule has 0 saturated carbocycles. The van der Waals surface area contributed by atoms with Gasteiger partial charge in [0.15, 0.2) is 0 Å². The molecule has 0 unspecified atom stereocenters. The number of nitrogens with one attached hydrogen (secondary N) is 2. The van der Waals surface area contributed by atoms with Crippen molar-refractivity contribution in [3.63, 3.8) is 0 Å². The number of rotatable bonds is 6. The van der Waals surface area contributed by atoms with Crippen LogP contribution in [0.5, 0.6) is 0 Å². The van der Waals surface area contributed by atoms with E-state index in [0.29, 0.717) is 37.6 Å². The van der Waals surface area contributed by atoms with Gasteiger partial charge in [0.1, 0.15) is 5.69 Å². The highest BCUT2D eigenvalue weighted by Crippen LogP contribution is 2.23. The van der Waals surface area contributed by atoms with Crippen LogP contribution in [0.3, 0.4) is 0 Å². The van der Waals surface area contributed by atoms with Gasteiger partial charge < -0.3 is 20.9 Å². The molecule has 1 amide bonds. The van der Waals surface area contributed by atoms with Gasteiger partial charge in [-0.15, -0.1) is 0 Å². The fourth-order valence-electron chi connectivity index (χ4n) is 3.91. The number of aryl methyl sites for hydroxylation is 1. The quantitative estimate of drug-likeness (QED) is 0.543. The van der Waals surface area contributed by atoms with Gasteiger partial charge in [0.05, 0.1) is 5.75 Å². The van der Waals surface area contributed by atoms with Crippen molar-refractivity contribution in [1.82, 2.24) is 9.29 Å². The van der Waals surface area contributed by atoms with E-state index in [1.807, 2.05) is 55.5 Å². The van der Waals surface area contributed by atoms with E-state index in [2.05, 4.69) is 15.2 Å². The highest BCUT2D eigenvalue weighted by Gasteiger charge is 2.26. The zero-order valence-corrected chi connectivity index (χ0v) is 18.3. The minimum absolute atomic E-state index is 0.0260. The van der Waals surface area contributed by atoms with E-state index in [9.17, 15) is 13.2 Å². The molecule has 1 aromatic heterocycles. The summed E-state index contributed by atoms with van der Waals surface area (Å²) < 4.78 is 25.9. The van der Waals surface area contributed by atoms with Crippen molar-refractivity contribution in [3.8, 4) is 0 Å². The van der Waals surface area contributed by atoms with Crippen LogP contribution >= 0.6 is 0 Å². The number of nitrogens with two attached hydrogens (primary N) is 1. The Bertz CT molecular complexity index is 1200. The molecule has 9 heteroatoms. The molecule has 0 atom stereocenters. The zero-order chi connectivity index (χ0) is 22.0. The minimum atomic E-state index is -3.29. The Labute approximate surface area is 182 Å². The van der Waals surface area contributed by atoms with Gasteiger partial charge in [-0.25, -0.2) is 8.42 Å². The molecule has 0 radical (unpaired) electrons. The second-order valence-electron chi connectivity index (χ2n) is 7.72. The molecule has 1 aliphatic rings. The number of aromatic nitrogens is 1. The van der Waals surface area contributed by atoms with Gasteiger partial charge in [-0.2, -0.15) is 4.31 Å². The Morgan fingerprint density at radius 2 is 1.84 bits per heavy atom. The van der Waals surface area contributed by atoms with Crippen molar-refractivity contribution < 1.29 is 13.2 Å². The summed E-state index contributed by atoms with van der Waals surface area (Å²) in [7, 11) is -3.29. The lowest BCUT2D eigenvalue weighted by molar-refractivity contribution is 0.102. The van der Waals surface area contributed by atoms with Crippen LogP contribution in [0.1, 0.15) is 16.1 Å². The molecule has 1 aliphatic heterocycles. The summed E-state index contributed by atoms with van der Waals surface area (Å²) in [6, 6.07) is 15.4. The zero-order valence-electron chi connectivity index (χ0n) is 17.5. The van der Waals surface area contributed by atoms with Crippen LogP contribution in [-0.2, 0) is 10.0 Å². The van der Waals surface area contributed by atoms with Crippen molar-refractivity contribution in [2.75, 3.05) is 48.7 Å². The molecule has 4 rings (SSSR count). The first-order chi connectivity index (χ1) is 14.9. The predicted molar refractivity (Wildman–Crippen MR) is 124 cm³/mol. The van der Waals surface area contributed by atoms with Gasteiger partial charge in [-0.05, 0) is 36.8 Å². The largest absolute Gasteiger partial charge is 0.369 e. The summed E-state index contributed by atoms with van der Waals surface area (Å²) in [5.74, 6) is -0.229.